The Bertz CT molecular complexity index is 1980. The third-order valence-corrected chi connectivity index (χ3v) is 9.95. The molecule has 0 saturated carbocycles. The minimum Gasteiger partial charge on any atom is -0.390 e. The lowest BCUT2D eigenvalue weighted by molar-refractivity contribution is -0.210. The predicted octanol–water partition coefficient (Wildman–Crippen LogP) is 1.52. The molecule has 2 heterocycles. The van der Waals surface area contributed by atoms with Gasteiger partial charge in [0.1, 0.15) is 18.0 Å². The Labute approximate surface area is 279 Å². The minimum atomic E-state index is -5.83. The quantitative estimate of drug-likeness (QED) is 0.0241. The fourth-order valence-electron chi connectivity index (χ4n) is 3.98. The van der Waals surface area contributed by atoms with Gasteiger partial charge in [-0.1, -0.05) is 17.3 Å². The van der Waals surface area contributed by atoms with Crippen LogP contribution in [-0.4, -0.2) is 70.6 Å². The molecule has 1 aliphatic heterocycles. The van der Waals surface area contributed by atoms with Crippen molar-refractivity contribution in [3.8, 4) is 0 Å². The number of aliphatic hydroxyl groups excluding tert-OH is 1. The van der Waals surface area contributed by atoms with Gasteiger partial charge >= 0.3 is 29.2 Å². The average Bonchev–Trinajstić information content (AvgIpc) is 3.37. The largest absolute Gasteiger partial charge is 0.490 e. The van der Waals surface area contributed by atoms with Gasteiger partial charge in [-0.25, -0.2) is 36.1 Å². The third kappa shape index (κ3) is 11.4. The van der Waals surface area contributed by atoms with Crippen LogP contribution >= 0.6 is 23.5 Å². The van der Waals surface area contributed by atoms with E-state index in [0.717, 1.165) is 29.8 Å². The Kier molecular flexibility index (Phi) is 13.8. The molecule has 0 aliphatic carbocycles. The molecule has 3 rings (SSSR count). The molecule has 30 heteroatoms. The van der Waals surface area contributed by atoms with Gasteiger partial charge in [-0.05, 0) is 5.53 Å². The first-order chi connectivity index (χ1) is 23.6. The van der Waals surface area contributed by atoms with E-state index < -0.39 is 120 Å². The number of nitrogens with zero attached hydrogens (tertiary/aromatic N) is 5. The third-order valence-electron chi connectivity index (χ3n) is 6.15. The van der Waals surface area contributed by atoms with Crippen molar-refractivity contribution in [2.24, 2.45) is 5.11 Å². The molecule has 1 amide bonds. The van der Waals surface area contributed by atoms with Crippen LogP contribution < -0.4 is 16.7 Å². The van der Waals surface area contributed by atoms with E-state index in [0.29, 0.717) is 5.06 Å². The van der Waals surface area contributed by atoms with Crippen LogP contribution in [-0.2, 0) is 47.9 Å². The van der Waals surface area contributed by atoms with Gasteiger partial charge in [0.15, 0.2) is 23.3 Å². The number of phosphoric acid groups is 3. The Hall–Kier alpha value is -3.61. The number of phosphoric ester groups is 1. The molecular weight excluding hydrogens is 775 g/mol. The van der Waals surface area contributed by atoms with Crippen LogP contribution in [0.1, 0.15) is 30.7 Å². The summed E-state index contributed by atoms with van der Waals surface area (Å²) in [5.41, 5.74) is 5.17. The van der Waals surface area contributed by atoms with Gasteiger partial charge in [-0.2, -0.15) is 24.1 Å². The van der Waals surface area contributed by atoms with Crippen molar-refractivity contribution >= 4 is 41.1 Å². The van der Waals surface area contributed by atoms with E-state index in [9.17, 15) is 60.5 Å². The van der Waals surface area contributed by atoms with Crippen LogP contribution in [0.4, 0.5) is 23.2 Å². The summed E-state index contributed by atoms with van der Waals surface area (Å²) < 4.78 is 108. The number of H-pyrrole nitrogens is 1. The number of amides is 1. The van der Waals surface area contributed by atoms with Crippen molar-refractivity contribution in [1.82, 2.24) is 20.1 Å². The molecule has 282 valence electrons. The number of benzene rings is 1. The lowest BCUT2D eigenvalue weighted by Crippen LogP contribution is -2.35. The van der Waals surface area contributed by atoms with Gasteiger partial charge in [0.25, 0.3) is 5.56 Å². The van der Waals surface area contributed by atoms with E-state index in [1.165, 1.54) is 0 Å². The van der Waals surface area contributed by atoms with Crippen LogP contribution in [0.25, 0.3) is 16.5 Å². The standard InChI is InChI=1S/C21H24F4N7O16P3/c1-9(33)32(46-27-6-11-15(22)17(24)19(29-30-26)18(25)16(11)23)4-2-3-10-7-31(21(36)28-20(10)35)14-5-12(34)13(45-14)8-44-50(40,41)48-51(42,43)47-49(37,38)39/h2-3,7,12-14,27,34H,4-6,8H2,1H3,(H,40,41)(H,42,43)(H,28,35,36)(H2,37,38,39)/b3-2+/t12-,13+,14+/m0/s1. The Morgan fingerprint density at radius 3 is 2.33 bits per heavy atom. The van der Waals surface area contributed by atoms with E-state index in [2.05, 4.69) is 23.2 Å². The SMILES string of the molecule is CC(=O)N(C/C=C/c1cn([C@H]2C[C@H](O)[C@@H](COP(=O)(O)OP(=O)(O)OP(=O)(O)O)O2)c(=O)[nH]c1=O)ONCc1c(F)c(F)c(N=[N+]=[N-])c(F)c1F. The first kappa shape index (κ1) is 41.8. The van der Waals surface area contributed by atoms with E-state index in [4.69, 9.17) is 25.0 Å². The molecule has 5 atom stereocenters. The number of aromatic nitrogens is 2. The first-order valence-corrected chi connectivity index (χ1v) is 17.8. The predicted molar refractivity (Wildman–Crippen MR) is 155 cm³/mol. The molecule has 1 aliphatic rings. The van der Waals surface area contributed by atoms with E-state index in [1.54, 1.807) is 0 Å². The number of hydrogen-bond acceptors (Lipinski definition) is 14. The molecule has 7 N–H and O–H groups in total. The van der Waals surface area contributed by atoms with E-state index >= 15 is 0 Å². The highest BCUT2D eigenvalue weighted by Gasteiger charge is 2.43. The molecule has 51 heavy (non-hydrogen) atoms. The summed E-state index contributed by atoms with van der Waals surface area (Å²) in [7, 11) is -17.1. The van der Waals surface area contributed by atoms with Crippen molar-refractivity contribution in [2.75, 3.05) is 13.2 Å². The number of carbonyl (C=O) groups excluding carboxylic acids is 1. The molecule has 23 nitrogen and oxygen atoms in total. The number of hydroxylamine groups is 3. The van der Waals surface area contributed by atoms with Crippen molar-refractivity contribution in [1.29, 1.82) is 0 Å². The van der Waals surface area contributed by atoms with Gasteiger partial charge in [0.05, 0.1) is 31.4 Å². The van der Waals surface area contributed by atoms with Crippen molar-refractivity contribution in [3.63, 3.8) is 0 Å². The average molecular weight is 799 g/mol. The molecular formula is C21H24F4N7O16P3. The summed E-state index contributed by atoms with van der Waals surface area (Å²) in [5, 5.41) is 13.4. The highest BCUT2D eigenvalue weighted by atomic mass is 31.3. The molecule has 2 unspecified atom stereocenters. The summed E-state index contributed by atoms with van der Waals surface area (Å²) >= 11 is 0. The number of ether oxygens (including phenoxy) is 1. The zero-order valence-corrected chi connectivity index (χ0v) is 27.8. The van der Waals surface area contributed by atoms with Crippen LogP contribution in [0.3, 0.4) is 0 Å². The number of halogens is 4. The van der Waals surface area contributed by atoms with Crippen LogP contribution in [0.15, 0.2) is 27.0 Å². The summed E-state index contributed by atoms with van der Waals surface area (Å²) in [6.45, 7) is -1.62. The second kappa shape index (κ2) is 16.8. The monoisotopic (exact) mass is 799 g/mol. The summed E-state index contributed by atoms with van der Waals surface area (Å²) in [6.07, 6.45) is -1.72. The fourth-order valence-corrected chi connectivity index (χ4v) is 7.01. The van der Waals surface area contributed by atoms with Gasteiger partial charge in [0.2, 0.25) is 5.91 Å². The fraction of sp³-hybridized carbons (Fsp3) is 0.381. The summed E-state index contributed by atoms with van der Waals surface area (Å²) in [4.78, 5) is 81.7. The number of rotatable bonds is 16. The normalized spacial score (nSPS) is 20.2. The number of aromatic amines is 1. The van der Waals surface area contributed by atoms with Crippen molar-refractivity contribution in [2.45, 2.75) is 38.3 Å². The van der Waals surface area contributed by atoms with Crippen LogP contribution in [0, 0.1) is 23.3 Å². The molecule has 1 saturated heterocycles. The Balaban J connectivity index is 1.66. The Morgan fingerprint density at radius 2 is 1.76 bits per heavy atom. The molecule has 1 aromatic heterocycles. The van der Waals surface area contributed by atoms with Crippen molar-refractivity contribution in [3.05, 3.63) is 77.9 Å². The number of carbonyl (C=O) groups is 1. The molecule has 0 bridgehead atoms. The lowest BCUT2D eigenvalue weighted by Gasteiger charge is -2.19. The number of azide groups is 1. The minimum absolute atomic E-state index is 0.268. The second-order valence-corrected chi connectivity index (χ2v) is 14.2. The second-order valence-electron chi connectivity index (χ2n) is 9.74. The highest BCUT2D eigenvalue weighted by Crippen LogP contribution is 2.66. The van der Waals surface area contributed by atoms with Gasteiger partial charge < -0.3 is 29.4 Å². The molecule has 1 aromatic carbocycles. The zero-order valence-electron chi connectivity index (χ0n) is 25.1. The molecule has 1 fully saturated rings. The highest BCUT2D eigenvalue weighted by molar-refractivity contribution is 7.66. The van der Waals surface area contributed by atoms with Gasteiger partial charge in [-0.15, -0.1) is 0 Å². The number of hydrogen-bond donors (Lipinski definition) is 7. The molecule has 2 aromatic rings. The smallest absolute Gasteiger partial charge is 0.390 e. The number of nitrogens with one attached hydrogen (secondary N) is 2. The summed E-state index contributed by atoms with van der Waals surface area (Å²) in [5.74, 6) is -8.64. The van der Waals surface area contributed by atoms with E-state index in [-0.39, 0.29) is 5.56 Å². The zero-order chi connectivity index (χ0) is 38.5. The molecule has 0 spiro atoms. The van der Waals surface area contributed by atoms with Crippen molar-refractivity contribution < 1.29 is 83.6 Å². The van der Waals surface area contributed by atoms with Gasteiger partial charge in [0, 0.05) is 30.0 Å². The summed E-state index contributed by atoms with van der Waals surface area (Å²) in [6, 6.07) is 0. The van der Waals surface area contributed by atoms with Crippen LogP contribution in [0.2, 0.25) is 0 Å². The van der Waals surface area contributed by atoms with E-state index in [1.807, 2.05) is 10.5 Å². The maximum atomic E-state index is 14.2. The van der Waals surface area contributed by atoms with Crippen LogP contribution in [0.5, 0.6) is 0 Å². The van der Waals surface area contributed by atoms with Gasteiger partial charge in [-0.3, -0.25) is 23.7 Å². The molecule has 0 radical (unpaired) electrons. The maximum absolute atomic E-state index is 14.2. The lowest BCUT2D eigenvalue weighted by atomic mass is 10.1. The topological polar surface area (TPSA) is 334 Å². The maximum Gasteiger partial charge on any atom is 0.490 e. The Morgan fingerprint density at radius 1 is 1.14 bits per heavy atom. The number of aliphatic hydroxyl groups is 1. The first-order valence-electron chi connectivity index (χ1n) is 13.3.